The normalized spacial score (nSPS) is 20.8. The van der Waals surface area contributed by atoms with Crippen molar-refractivity contribution in [1.82, 2.24) is 10.2 Å². The third-order valence-corrected chi connectivity index (χ3v) is 2.89. The molecule has 1 N–H and O–H groups in total. The third kappa shape index (κ3) is 3.51. The van der Waals surface area contributed by atoms with Gasteiger partial charge in [0, 0.05) is 26.1 Å². The molecule has 0 aromatic heterocycles. The molecule has 0 aromatic rings. The zero-order valence-corrected chi connectivity index (χ0v) is 10.5. The molecule has 1 aliphatic rings. The lowest BCUT2D eigenvalue weighted by Crippen LogP contribution is -2.45. The lowest BCUT2D eigenvalue weighted by atomic mass is 9.97. The van der Waals surface area contributed by atoms with Crippen LogP contribution in [-0.2, 0) is 9.59 Å². The summed E-state index contributed by atoms with van der Waals surface area (Å²) in [6.07, 6.45) is 1.18. The van der Waals surface area contributed by atoms with Crippen LogP contribution in [0.2, 0.25) is 0 Å². The molecule has 16 heavy (non-hydrogen) atoms. The van der Waals surface area contributed by atoms with E-state index in [1.807, 2.05) is 11.8 Å². The number of nitrogens with one attached hydrogen (secondary N) is 1. The SMILES string of the molecule is CCN(CC(C)C)C(=O)C1CCC(=O)NC1. The predicted octanol–water partition coefficient (Wildman–Crippen LogP) is 1.02. The van der Waals surface area contributed by atoms with E-state index < -0.39 is 0 Å². The molecule has 1 saturated heterocycles. The summed E-state index contributed by atoms with van der Waals surface area (Å²) in [7, 11) is 0. The standard InChI is InChI=1S/C12H22N2O2/c1-4-14(8-9(2)3)12(16)10-5-6-11(15)13-7-10/h9-10H,4-8H2,1-3H3,(H,13,15). The van der Waals surface area contributed by atoms with Crippen molar-refractivity contribution in [3.8, 4) is 0 Å². The molecule has 0 saturated carbocycles. The van der Waals surface area contributed by atoms with Gasteiger partial charge in [-0.15, -0.1) is 0 Å². The second kappa shape index (κ2) is 5.87. The summed E-state index contributed by atoms with van der Waals surface area (Å²) in [6, 6.07) is 0. The monoisotopic (exact) mass is 226 g/mol. The molecule has 92 valence electrons. The van der Waals surface area contributed by atoms with Gasteiger partial charge >= 0.3 is 0 Å². The number of hydrogen-bond acceptors (Lipinski definition) is 2. The molecule has 4 nitrogen and oxygen atoms in total. The second-order valence-electron chi connectivity index (χ2n) is 4.81. The van der Waals surface area contributed by atoms with Crippen molar-refractivity contribution in [1.29, 1.82) is 0 Å². The van der Waals surface area contributed by atoms with Crippen LogP contribution in [0, 0.1) is 11.8 Å². The van der Waals surface area contributed by atoms with Crippen molar-refractivity contribution in [3.05, 3.63) is 0 Å². The van der Waals surface area contributed by atoms with Crippen molar-refractivity contribution in [3.63, 3.8) is 0 Å². The van der Waals surface area contributed by atoms with Gasteiger partial charge < -0.3 is 10.2 Å². The molecule has 1 rings (SSSR count). The molecule has 0 aromatic carbocycles. The summed E-state index contributed by atoms with van der Waals surface area (Å²) in [4.78, 5) is 25.1. The summed E-state index contributed by atoms with van der Waals surface area (Å²) in [5.41, 5.74) is 0. The van der Waals surface area contributed by atoms with E-state index >= 15 is 0 Å². The first-order valence-corrected chi connectivity index (χ1v) is 6.10. The Kier molecular flexibility index (Phi) is 4.77. The van der Waals surface area contributed by atoms with Crippen LogP contribution in [0.5, 0.6) is 0 Å². The zero-order chi connectivity index (χ0) is 12.1. The van der Waals surface area contributed by atoms with Crippen LogP contribution in [0.3, 0.4) is 0 Å². The molecular formula is C12H22N2O2. The van der Waals surface area contributed by atoms with Crippen LogP contribution >= 0.6 is 0 Å². The van der Waals surface area contributed by atoms with E-state index in [9.17, 15) is 9.59 Å². The van der Waals surface area contributed by atoms with E-state index in [0.29, 0.717) is 25.3 Å². The number of piperidine rings is 1. The number of carbonyl (C=O) groups is 2. The van der Waals surface area contributed by atoms with Gasteiger partial charge in [0.05, 0.1) is 5.92 Å². The molecule has 1 atom stereocenters. The van der Waals surface area contributed by atoms with Crippen LogP contribution in [0.25, 0.3) is 0 Å². The number of rotatable bonds is 4. The highest BCUT2D eigenvalue weighted by Gasteiger charge is 2.27. The minimum absolute atomic E-state index is 0.0172. The van der Waals surface area contributed by atoms with Crippen molar-refractivity contribution in [2.24, 2.45) is 11.8 Å². The summed E-state index contributed by atoms with van der Waals surface area (Å²) >= 11 is 0. The fraction of sp³-hybridized carbons (Fsp3) is 0.833. The molecule has 0 spiro atoms. The maximum absolute atomic E-state index is 12.1. The summed E-state index contributed by atoms with van der Waals surface area (Å²) in [6.45, 7) is 8.28. The maximum Gasteiger partial charge on any atom is 0.227 e. The fourth-order valence-corrected chi connectivity index (χ4v) is 2.02. The van der Waals surface area contributed by atoms with E-state index in [0.717, 1.165) is 13.1 Å². The molecule has 4 heteroatoms. The highest BCUT2D eigenvalue weighted by atomic mass is 16.2. The van der Waals surface area contributed by atoms with Crippen molar-refractivity contribution >= 4 is 11.8 Å². The largest absolute Gasteiger partial charge is 0.355 e. The Labute approximate surface area is 97.4 Å². The second-order valence-corrected chi connectivity index (χ2v) is 4.81. The third-order valence-electron chi connectivity index (χ3n) is 2.89. The highest BCUT2D eigenvalue weighted by Crippen LogP contribution is 2.15. The quantitative estimate of drug-likeness (QED) is 0.778. The smallest absolute Gasteiger partial charge is 0.227 e. The van der Waals surface area contributed by atoms with Gasteiger partial charge in [-0.2, -0.15) is 0 Å². The summed E-state index contributed by atoms with van der Waals surface area (Å²) in [5, 5.41) is 2.76. The Balaban J connectivity index is 2.51. The van der Waals surface area contributed by atoms with Crippen molar-refractivity contribution in [2.75, 3.05) is 19.6 Å². The van der Waals surface area contributed by atoms with Crippen molar-refractivity contribution < 1.29 is 9.59 Å². The number of nitrogens with zero attached hydrogens (tertiary/aromatic N) is 1. The van der Waals surface area contributed by atoms with Gasteiger partial charge in [0.1, 0.15) is 0 Å². The Morgan fingerprint density at radius 1 is 1.56 bits per heavy atom. The lowest BCUT2D eigenvalue weighted by Gasteiger charge is -2.29. The van der Waals surface area contributed by atoms with E-state index in [2.05, 4.69) is 19.2 Å². The van der Waals surface area contributed by atoms with Gasteiger partial charge in [-0.05, 0) is 19.3 Å². The Morgan fingerprint density at radius 3 is 2.69 bits per heavy atom. The van der Waals surface area contributed by atoms with Gasteiger partial charge in [0.2, 0.25) is 11.8 Å². The summed E-state index contributed by atoms with van der Waals surface area (Å²) in [5.74, 6) is 0.727. The molecule has 0 bridgehead atoms. The number of amides is 2. The first-order valence-electron chi connectivity index (χ1n) is 6.10. The first kappa shape index (κ1) is 13.0. The summed E-state index contributed by atoms with van der Waals surface area (Å²) < 4.78 is 0. The van der Waals surface area contributed by atoms with Crippen LogP contribution < -0.4 is 5.32 Å². The molecule has 1 aliphatic heterocycles. The first-order chi connectivity index (χ1) is 7.54. The predicted molar refractivity (Wildman–Crippen MR) is 62.8 cm³/mol. The van der Waals surface area contributed by atoms with Gasteiger partial charge in [0.25, 0.3) is 0 Å². The van der Waals surface area contributed by atoms with Crippen LogP contribution in [-0.4, -0.2) is 36.3 Å². The lowest BCUT2D eigenvalue weighted by molar-refractivity contribution is -0.137. The van der Waals surface area contributed by atoms with Gasteiger partial charge in [0.15, 0.2) is 0 Å². The van der Waals surface area contributed by atoms with Gasteiger partial charge in [-0.3, -0.25) is 9.59 Å². The van der Waals surface area contributed by atoms with E-state index in [1.165, 1.54) is 0 Å². The minimum atomic E-state index is -0.0172. The Morgan fingerprint density at radius 2 is 2.25 bits per heavy atom. The topological polar surface area (TPSA) is 49.4 Å². The zero-order valence-electron chi connectivity index (χ0n) is 10.5. The maximum atomic E-state index is 12.1. The fourth-order valence-electron chi connectivity index (χ4n) is 2.02. The van der Waals surface area contributed by atoms with Crippen LogP contribution in [0.15, 0.2) is 0 Å². The Hall–Kier alpha value is -1.06. The average Bonchev–Trinajstić information content (AvgIpc) is 2.25. The Bertz CT molecular complexity index is 254. The highest BCUT2D eigenvalue weighted by molar-refractivity contribution is 5.83. The number of hydrogen-bond donors (Lipinski definition) is 1. The van der Waals surface area contributed by atoms with Gasteiger partial charge in [-0.25, -0.2) is 0 Å². The van der Waals surface area contributed by atoms with Gasteiger partial charge in [-0.1, -0.05) is 13.8 Å². The molecule has 0 radical (unpaired) electrons. The van der Waals surface area contributed by atoms with Crippen molar-refractivity contribution in [2.45, 2.75) is 33.6 Å². The average molecular weight is 226 g/mol. The molecule has 0 aliphatic carbocycles. The minimum Gasteiger partial charge on any atom is -0.355 e. The molecule has 1 fully saturated rings. The van der Waals surface area contributed by atoms with Crippen LogP contribution in [0.1, 0.15) is 33.6 Å². The molecular weight excluding hydrogens is 204 g/mol. The van der Waals surface area contributed by atoms with E-state index in [-0.39, 0.29) is 17.7 Å². The molecule has 1 unspecified atom stereocenters. The molecule has 1 heterocycles. The van der Waals surface area contributed by atoms with Crippen LogP contribution in [0.4, 0.5) is 0 Å². The molecule has 2 amide bonds. The van der Waals surface area contributed by atoms with E-state index in [4.69, 9.17) is 0 Å². The number of carbonyl (C=O) groups excluding carboxylic acids is 2. The van der Waals surface area contributed by atoms with E-state index in [1.54, 1.807) is 0 Å².